The second kappa shape index (κ2) is 9.41. The zero-order chi connectivity index (χ0) is 20.8. The van der Waals surface area contributed by atoms with Crippen LogP contribution < -0.4 is 5.32 Å². The van der Waals surface area contributed by atoms with Gasteiger partial charge in [0.05, 0.1) is 5.75 Å². The molecule has 0 aliphatic rings. The molecule has 0 radical (unpaired) electrons. The van der Waals surface area contributed by atoms with Crippen LogP contribution in [0.1, 0.15) is 11.1 Å². The van der Waals surface area contributed by atoms with Crippen LogP contribution in [0.25, 0.3) is 17.1 Å². The van der Waals surface area contributed by atoms with E-state index in [0.29, 0.717) is 11.7 Å². The van der Waals surface area contributed by atoms with Crippen molar-refractivity contribution in [2.24, 2.45) is 0 Å². The second-order valence-electron chi connectivity index (χ2n) is 6.90. The molecule has 1 heterocycles. The van der Waals surface area contributed by atoms with Gasteiger partial charge in [0.1, 0.15) is 0 Å². The van der Waals surface area contributed by atoms with Crippen molar-refractivity contribution < 1.29 is 4.79 Å². The van der Waals surface area contributed by atoms with Gasteiger partial charge < -0.3 is 5.32 Å². The van der Waals surface area contributed by atoms with Crippen molar-refractivity contribution >= 4 is 17.7 Å². The fraction of sp³-hybridized carbons (Fsp3) is 0.125. The molecule has 1 aromatic heterocycles. The Hall–Kier alpha value is -3.38. The molecule has 0 fully saturated rings. The Morgan fingerprint density at radius 3 is 2.40 bits per heavy atom. The largest absolute Gasteiger partial charge is 0.351 e. The van der Waals surface area contributed by atoms with Gasteiger partial charge in [-0.1, -0.05) is 84.6 Å². The molecular weight excluding hydrogens is 392 g/mol. The lowest BCUT2D eigenvalue weighted by Gasteiger charge is -2.11. The monoisotopic (exact) mass is 414 g/mol. The molecule has 4 aromatic rings. The number of thioether (sulfide) groups is 1. The van der Waals surface area contributed by atoms with E-state index >= 15 is 0 Å². The summed E-state index contributed by atoms with van der Waals surface area (Å²) in [5.74, 6) is 0.989. The molecule has 0 saturated heterocycles. The lowest BCUT2D eigenvalue weighted by molar-refractivity contribution is -0.118. The summed E-state index contributed by atoms with van der Waals surface area (Å²) in [6.45, 7) is 2.57. The maximum atomic E-state index is 12.4. The third-order valence-corrected chi connectivity index (χ3v) is 5.52. The van der Waals surface area contributed by atoms with Crippen molar-refractivity contribution in [3.63, 3.8) is 0 Å². The van der Waals surface area contributed by atoms with E-state index in [2.05, 4.69) is 34.6 Å². The van der Waals surface area contributed by atoms with Gasteiger partial charge in [-0.25, -0.2) is 0 Å². The first kappa shape index (κ1) is 19.9. The minimum Gasteiger partial charge on any atom is -0.351 e. The zero-order valence-corrected chi connectivity index (χ0v) is 17.5. The fourth-order valence-corrected chi connectivity index (χ4v) is 3.90. The predicted octanol–water partition coefficient (Wildman–Crippen LogP) is 4.65. The lowest BCUT2D eigenvalue weighted by Crippen LogP contribution is -2.24. The van der Waals surface area contributed by atoms with E-state index in [1.807, 2.05) is 77.4 Å². The average Bonchev–Trinajstić information content (AvgIpc) is 3.21. The topological polar surface area (TPSA) is 59.8 Å². The Balaban J connectivity index is 1.54. The number of rotatable bonds is 7. The minimum atomic E-state index is -0.0380. The van der Waals surface area contributed by atoms with E-state index in [1.54, 1.807) is 0 Å². The van der Waals surface area contributed by atoms with Crippen LogP contribution in [0.2, 0.25) is 0 Å². The molecule has 3 aromatic carbocycles. The number of aryl methyl sites for hydroxylation is 1. The Kier molecular flexibility index (Phi) is 6.25. The summed E-state index contributed by atoms with van der Waals surface area (Å²) in [5.41, 5.74) is 4.18. The maximum Gasteiger partial charge on any atom is 0.230 e. The molecule has 150 valence electrons. The second-order valence-corrected chi connectivity index (χ2v) is 7.84. The summed E-state index contributed by atoms with van der Waals surface area (Å²) in [6, 6.07) is 28.0. The highest BCUT2D eigenvalue weighted by Crippen LogP contribution is 2.28. The number of carbonyl (C=O) groups excluding carboxylic acids is 1. The van der Waals surface area contributed by atoms with Gasteiger partial charge in [-0.15, -0.1) is 10.2 Å². The molecule has 0 aliphatic heterocycles. The maximum absolute atomic E-state index is 12.4. The Morgan fingerprint density at radius 2 is 1.67 bits per heavy atom. The van der Waals surface area contributed by atoms with E-state index < -0.39 is 0 Å². The van der Waals surface area contributed by atoms with Crippen molar-refractivity contribution in [1.82, 2.24) is 20.1 Å². The highest BCUT2D eigenvalue weighted by Gasteiger charge is 2.17. The molecule has 0 bridgehead atoms. The van der Waals surface area contributed by atoms with Crippen molar-refractivity contribution in [2.45, 2.75) is 18.6 Å². The molecule has 0 atom stereocenters. The molecular formula is C24H22N4OS. The highest BCUT2D eigenvalue weighted by molar-refractivity contribution is 7.99. The van der Waals surface area contributed by atoms with Gasteiger partial charge in [0, 0.05) is 17.8 Å². The summed E-state index contributed by atoms with van der Waals surface area (Å²) in [7, 11) is 0. The van der Waals surface area contributed by atoms with Gasteiger partial charge in [-0.05, 0) is 30.2 Å². The third-order valence-electron chi connectivity index (χ3n) is 4.59. The first-order valence-electron chi connectivity index (χ1n) is 9.72. The molecule has 0 aliphatic carbocycles. The Labute approximate surface area is 180 Å². The fourth-order valence-electron chi connectivity index (χ4n) is 3.12. The molecule has 1 amide bonds. The van der Waals surface area contributed by atoms with Gasteiger partial charge in [0.15, 0.2) is 11.0 Å². The number of benzene rings is 3. The molecule has 5 nitrogen and oxygen atoms in total. The van der Waals surface area contributed by atoms with E-state index in [0.717, 1.165) is 28.2 Å². The van der Waals surface area contributed by atoms with E-state index in [9.17, 15) is 4.79 Å². The summed E-state index contributed by atoms with van der Waals surface area (Å²) < 4.78 is 2.01. The summed E-state index contributed by atoms with van der Waals surface area (Å²) >= 11 is 1.38. The normalized spacial score (nSPS) is 10.7. The van der Waals surface area contributed by atoms with Crippen LogP contribution in [0.5, 0.6) is 0 Å². The number of hydrogen-bond acceptors (Lipinski definition) is 4. The first-order valence-corrected chi connectivity index (χ1v) is 10.7. The number of hydrogen-bond donors (Lipinski definition) is 1. The van der Waals surface area contributed by atoms with E-state index in [1.165, 1.54) is 11.8 Å². The number of nitrogens with zero attached hydrogens (tertiary/aromatic N) is 3. The Bertz CT molecular complexity index is 1130. The number of aromatic nitrogens is 3. The SMILES string of the molecule is Cc1cccc(-n2c(SCC(=O)NCc3ccccc3)nnc2-c2ccccc2)c1. The first-order chi connectivity index (χ1) is 14.7. The molecule has 4 rings (SSSR count). The lowest BCUT2D eigenvalue weighted by atomic mass is 10.2. The zero-order valence-electron chi connectivity index (χ0n) is 16.7. The number of nitrogens with one attached hydrogen (secondary N) is 1. The predicted molar refractivity (Wildman–Crippen MR) is 121 cm³/mol. The average molecular weight is 415 g/mol. The van der Waals surface area contributed by atoms with Crippen molar-refractivity contribution in [2.75, 3.05) is 5.75 Å². The van der Waals surface area contributed by atoms with Gasteiger partial charge in [0.2, 0.25) is 5.91 Å². The van der Waals surface area contributed by atoms with Crippen LogP contribution in [0.3, 0.4) is 0 Å². The summed E-state index contributed by atoms with van der Waals surface area (Å²) in [5, 5.41) is 12.5. The van der Waals surface area contributed by atoms with Crippen LogP contribution >= 0.6 is 11.8 Å². The summed E-state index contributed by atoms with van der Waals surface area (Å²) in [4.78, 5) is 12.4. The van der Waals surface area contributed by atoms with Crippen LogP contribution in [-0.4, -0.2) is 26.4 Å². The van der Waals surface area contributed by atoms with Crippen molar-refractivity contribution in [3.8, 4) is 17.1 Å². The minimum absolute atomic E-state index is 0.0380. The van der Waals surface area contributed by atoms with E-state index in [4.69, 9.17) is 0 Å². The highest BCUT2D eigenvalue weighted by atomic mass is 32.2. The van der Waals surface area contributed by atoms with Gasteiger partial charge in [0.25, 0.3) is 0 Å². The molecule has 30 heavy (non-hydrogen) atoms. The van der Waals surface area contributed by atoms with Crippen LogP contribution in [0, 0.1) is 6.92 Å². The van der Waals surface area contributed by atoms with Crippen LogP contribution in [-0.2, 0) is 11.3 Å². The smallest absolute Gasteiger partial charge is 0.230 e. The molecule has 6 heteroatoms. The number of carbonyl (C=O) groups is 1. The Morgan fingerprint density at radius 1 is 0.933 bits per heavy atom. The third kappa shape index (κ3) is 4.78. The molecule has 0 unspecified atom stereocenters. The van der Waals surface area contributed by atoms with Crippen LogP contribution in [0.15, 0.2) is 90.1 Å². The number of amides is 1. The van der Waals surface area contributed by atoms with Gasteiger partial charge >= 0.3 is 0 Å². The molecule has 0 saturated carbocycles. The molecule has 1 N–H and O–H groups in total. The van der Waals surface area contributed by atoms with E-state index in [-0.39, 0.29) is 11.7 Å². The van der Waals surface area contributed by atoms with Gasteiger partial charge in [-0.3, -0.25) is 9.36 Å². The van der Waals surface area contributed by atoms with Crippen LogP contribution in [0.4, 0.5) is 0 Å². The summed E-state index contributed by atoms with van der Waals surface area (Å²) in [6.07, 6.45) is 0. The van der Waals surface area contributed by atoms with Crippen molar-refractivity contribution in [3.05, 3.63) is 96.1 Å². The van der Waals surface area contributed by atoms with Gasteiger partial charge in [-0.2, -0.15) is 0 Å². The molecule has 0 spiro atoms. The standard InChI is InChI=1S/C24H22N4OS/c1-18-9-8-14-21(15-18)28-23(20-12-6-3-7-13-20)26-27-24(28)30-17-22(29)25-16-19-10-4-2-5-11-19/h2-15H,16-17H2,1H3,(H,25,29). The van der Waals surface area contributed by atoms with Crippen molar-refractivity contribution in [1.29, 1.82) is 0 Å². The quantitative estimate of drug-likeness (QED) is 0.447.